The van der Waals surface area contributed by atoms with Crippen molar-refractivity contribution in [1.29, 1.82) is 0 Å². The zero-order chi connectivity index (χ0) is 15.9. The monoisotopic (exact) mass is 337 g/mol. The molecule has 2 heterocycles. The molecule has 2 aliphatic heterocycles. The summed E-state index contributed by atoms with van der Waals surface area (Å²) in [5, 5.41) is 37.5. The van der Waals surface area contributed by atoms with Crippen molar-refractivity contribution in [3.8, 4) is 0 Å². The molecule has 2 rings (SSSR count). The van der Waals surface area contributed by atoms with Gasteiger partial charge in [0.1, 0.15) is 34.0 Å². The highest BCUT2D eigenvalue weighted by Gasteiger charge is 2.52. The average Bonchev–Trinajstić information content (AvgIpc) is 2.73. The summed E-state index contributed by atoms with van der Waals surface area (Å²) in [5.41, 5.74) is 0. The molecule has 8 nitrogen and oxygen atoms in total. The van der Waals surface area contributed by atoms with Crippen molar-refractivity contribution >= 4 is 40.0 Å². The van der Waals surface area contributed by atoms with Crippen molar-refractivity contribution in [3.63, 3.8) is 0 Å². The number of amides is 1. The van der Waals surface area contributed by atoms with Gasteiger partial charge in [-0.05, 0) is 6.92 Å². The second-order valence-electron chi connectivity index (χ2n) is 4.80. The van der Waals surface area contributed by atoms with Crippen molar-refractivity contribution in [2.24, 2.45) is 0 Å². The molecule has 2 fully saturated rings. The lowest BCUT2D eigenvalue weighted by Gasteiger charge is -2.43. The van der Waals surface area contributed by atoms with E-state index in [0.29, 0.717) is 0 Å². The number of carbonyl (C=O) groups is 2. The Labute approximate surface area is 129 Å². The third kappa shape index (κ3) is 2.84. The molecule has 2 aliphatic rings. The maximum Gasteiger partial charge on any atom is 0.251 e. The molecule has 0 aromatic carbocycles. The average molecular weight is 337 g/mol. The second-order valence-corrected chi connectivity index (χ2v) is 6.54. The fraction of sp³-hybridized carbons (Fsp3) is 0.727. The number of ketones is 1. The Morgan fingerprint density at radius 1 is 1.33 bits per heavy atom. The molecule has 0 bridgehead atoms. The first-order valence-electron chi connectivity index (χ1n) is 6.14. The normalized spacial score (nSPS) is 40.7. The standard InChI is InChI=1S/C11H15NO7S2/c1-3(14)8-9(18)12(11(20)21-8)10-7(17)6(16)5(15)4(2-13)19-10/h4-8,10,13,15-17H,2H2,1H3/t4-,5-,6+,7-,8?,10?/m1/s1. The van der Waals surface area contributed by atoms with E-state index in [0.717, 1.165) is 16.7 Å². The number of thiocarbonyl (C=S) groups is 1. The minimum Gasteiger partial charge on any atom is -0.394 e. The zero-order valence-corrected chi connectivity index (χ0v) is 12.6. The number of ether oxygens (including phenoxy) is 1. The number of rotatable bonds is 3. The van der Waals surface area contributed by atoms with Gasteiger partial charge in [-0.15, -0.1) is 0 Å². The van der Waals surface area contributed by atoms with Crippen LogP contribution in [0.4, 0.5) is 0 Å². The third-order valence-corrected chi connectivity index (χ3v) is 5.02. The van der Waals surface area contributed by atoms with Crippen LogP contribution in [0.15, 0.2) is 0 Å². The van der Waals surface area contributed by atoms with E-state index in [1.54, 1.807) is 0 Å². The number of thioether (sulfide) groups is 1. The fourth-order valence-corrected chi connectivity index (χ4v) is 3.58. The van der Waals surface area contributed by atoms with Gasteiger partial charge in [-0.2, -0.15) is 0 Å². The number of hydrogen-bond donors (Lipinski definition) is 4. The molecule has 6 atom stereocenters. The first-order chi connectivity index (χ1) is 9.79. The Balaban J connectivity index is 2.26. The van der Waals surface area contributed by atoms with Crippen molar-refractivity contribution in [3.05, 3.63) is 0 Å². The van der Waals surface area contributed by atoms with E-state index in [-0.39, 0.29) is 10.1 Å². The topological polar surface area (TPSA) is 128 Å². The molecular weight excluding hydrogens is 322 g/mol. The van der Waals surface area contributed by atoms with Crippen LogP contribution in [0.2, 0.25) is 0 Å². The molecule has 0 radical (unpaired) electrons. The molecule has 0 aliphatic carbocycles. The lowest BCUT2D eigenvalue weighted by Crippen LogP contribution is -2.64. The van der Waals surface area contributed by atoms with Crippen LogP contribution in [0.5, 0.6) is 0 Å². The number of aliphatic hydroxyl groups excluding tert-OH is 4. The smallest absolute Gasteiger partial charge is 0.251 e. The maximum absolute atomic E-state index is 12.2. The maximum atomic E-state index is 12.2. The molecule has 2 unspecified atom stereocenters. The minimum atomic E-state index is -1.61. The largest absolute Gasteiger partial charge is 0.394 e. The van der Waals surface area contributed by atoms with Gasteiger partial charge >= 0.3 is 0 Å². The molecule has 21 heavy (non-hydrogen) atoms. The number of aliphatic hydroxyl groups is 4. The summed E-state index contributed by atoms with van der Waals surface area (Å²) in [4.78, 5) is 24.5. The van der Waals surface area contributed by atoms with E-state index < -0.39 is 48.4 Å². The molecule has 0 saturated carbocycles. The predicted molar refractivity (Wildman–Crippen MR) is 75.3 cm³/mol. The highest BCUT2D eigenvalue weighted by molar-refractivity contribution is 8.24. The quantitative estimate of drug-likeness (QED) is 0.329. The molecule has 4 N–H and O–H groups in total. The van der Waals surface area contributed by atoms with Crippen LogP contribution in [0.1, 0.15) is 6.92 Å². The summed E-state index contributed by atoms with van der Waals surface area (Å²) in [6, 6.07) is 0. The van der Waals surface area contributed by atoms with Gasteiger partial charge in [0, 0.05) is 0 Å². The molecule has 0 aromatic rings. The summed E-state index contributed by atoms with van der Waals surface area (Å²) in [7, 11) is 0. The zero-order valence-electron chi connectivity index (χ0n) is 10.9. The highest BCUT2D eigenvalue weighted by Crippen LogP contribution is 2.34. The van der Waals surface area contributed by atoms with E-state index in [4.69, 9.17) is 22.1 Å². The van der Waals surface area contributed by atoms with E-state index in [1.165, 1.54) is 6.92 Å². The number of carbonyl (C=O) groups excluding carboxylic acids is 2. The first-order valence-corrected chi connectivity index (χ1v) is 7.43. The van der Waals surface area contributed by atoms with Crippen LogP contribution in [0.25, 0.3) is 0 Å². The summed E-state index contributed by atoms with van der Waals surface area (Å²) in [5.74, 6) is -1.04. The van der Waals surface area contributed by atoms with Crippen LogP contribution in [-0.2, 0) is 14.3 Å². The van der Waals surface area contributed by atoms with Gasteiger partial charge in [0.2, 0.25) is 0 Å². The van der Waals surface area contributed by atoms with Crippen LogP contribution in [-0.4, -0.2) is 83.8 Å². The lowest BCUT2D eigenvalue weighted by molar-refractivity contribution is -0.252. The molecule has 118 valence electrons. The van der Waals surface area contributed by atoms with E-state index in [1.807, 2.05) is 0 Å². The highest BCUT2D eigenvalue weighted by atomic mass is 32.2. The van der Waals surface area contributed by atoms with Crippen LogP contribution >= 0.6 is 24.0 Å². The van der Waals surface area contributed by atoms with E-state index in [2.05, 4.69) is 0 Å². The summed E-state index contributed by atoms with van der Waals surface area (Å²) in [6.07, 6.45) is -7.26. The molecule has 0 spiro atoms. The minimum absolute atomic E-state index is 0.0320. The Hall–Kier alpha value is -0.620. The molecular formula is C11H15NO7S2. The van der Waals surface area contributed by atoms with Gasteiger partial charge in [-0.3, -0.25) is 14.5 Å². The van der Waals surface area contributed by atoms with Gasteiger partial charge in [-0.1, -0.05) is 24.0 Å². The molecule has 2 saturated heterocycles. The van der Waals surface area contributed by atoms with E-state index in [9.17, 15) is 24.9 Å². The van der Waals surface area contributed by atoms with Crippen molar-refractivity contribution in [1.82, 2.24) is 4.90 Å². The molecule has 10 heteroatoms. The van der Waals surface area contributed by atoms with Gasteiger partial charge in [0.05, 0.1) is 6.61 Å². The Morgan fingerprint density at radius 2 is 1.95 bits per heavy atom. The Morgan fingerprint density at radius 3 is 2.43 bits per heavy atom. The summed E-state index contributed by atoms with van der Waals surface area (Å²) >= 11 is 5.87. The van der Waals surface area contributed by atoms with Crippen molar-refractivity contribution in [2.75, 3.05) is 6.61 Å². The van der Waals surface area contributed by atoms with Crippen molar-refractivity contribution in [2.45, 2.75) is 42.8 Å². The predicted octanol–water partition coefficient (Wildman–Crippen LogP) is -2.40. The molecule has 0 aromatic heterocycles. The van der Waals surface area contributed by atoms with Crippen LogP contribution in [0.3, 0.4) is 0 Å². The van der Waals surface area contributed by atoms with E-state index >= 15 is 0 Å². The van der Waals surface area contributed by atoms with Gasteiger partial charge < -0.3 is 25.2 Å². The van der Waals surface area contributed by atoms with Crippen molar-refractivity contribution < 1.29 is 34.8 Å². The van der Waals surface area contributed by atoms with Crippen LogP contribution in [0, 0.1) is 0 Å². The second kappa shape index (κ2) is 6.24. The van der Waals surface area contributed by atoms with Gasteiger partial charge in [-0.25, -0.2) is 0 Å². The van der Waals surface area contributed by atoms with Gasteiger partial charge in [0.15, 0.2) is 12.0 Å². The van der Waals surface area contributed by atoms with Gasteiger partial charge in [0.25, 0.3) is 5.91 Å². The lowest BCUT2D eigenvalue weighted by atomic mass is 9.98. The number of nitrogens with zero attached hydrogens (tertiary/aromatic N) is 1. The fourth-order valence-electron chi connectivity index (χ4n) is 2.21. The summed E-state index contributed by atoms with van der Waals surface area (Å²) in [6.45, 7) is 0.633. The van der Waals surface area contributed by atoms with Crippen LogP contribution < -0.4 is 0 Å². The Bertz CT molecular complexity index is 471. The number of Topliss-reactive ketones (excluding diaryl/α,β-unsaturated/α-hetero) is 1. The first kappa shape index (κ1) is 16.7. The number of hydrogen-bond acceptors (Lipinski definition) is 9. The SMILES string of the molecule is CC(=O)C1SC(=S)N(C2O[C@H](CO)[C@@H](O)[C@H](O)[C@H]2O)C1=O. The molecule has 1 amide bonds. The third-order valence-electron chi connectivity index (χ3n) is 3.37. The Kier molecular flexibility index (Phi) is 4.98. The summed E-state index contributed by atoms with van der Waals surface area (Å²) < 4.78 is 5.30.